The van der Waals surface area contributed by atoms with Gasteiger partial charge in [-0.3, -0.25) is 23.3 Å². The molecular formula is C21H32N7O16P3S-4. The van der Waals surface area contributed by atoms with Crippen molar-refractivity contribution in [3.63, 3.8) is 0 Å². The highest BCUT2D eigenvalue weighted by molar-refractivity contribution is 7.80. The number of amides is 2. The molecule has 0 spiro atoms. The van der Waals surface area contributed by atoms with E-state index in [0.29, 0.717) is 12.3 Å². The molecule has 3 heterocycles. The average Bonchev–Trinajstić information content (AvgIpc) is 3.54. The zero-order valence-corrected chi connectivity index (χ0v) is 28.6. The van der Waals surface area contributed by atoms with Gasteiger partial charge >= 0.3 is 0 Å². The second-order valence-electron chi connectivity index (χ2n) is 10.7. The number of nitrogens with one attached hydrogen (secondary N) is 2. The Hall–Kier alpha value is -2.11. The molecule has 23 nitrogen and oxygen atoms in total. The van der Waals surface area contributed by atoms with Crippen molar-refractivity contribution in [1.29, 1.82) is 0 Å². The molecule has 1 saturated heterocycles. The molecule has 272 valence electrons. The van der Waals surface area contributed by atoms with E-state index in [2.05, 4.69) is 56.1 Å². The lowest BCUT2D eigenvalue weighted by Crippen LogP contribution is -2.46. The molecule has 27 heteroatoms. The van der Waals surface area contributed by atoms with E-state index in [0.717, 1.165) is 17.2 Å². The first-order chi connectivity index (χ1) is 22.2. The number of rotatable bonds is 18. The van der Waals surface area contributed by atoms with E-state index >= 15 is 0 Å². The maximum atomic E-state index is 12.4. The third kappa shape index (κ3) is 11.2. The number of carbonyl (C=O) groups excluding carboxylic acids is 2. The molecule has 7 atom stereocenters. The van der Waals surface area contributed by atoms with Crippen LogP contribution < -0.4 is 35.9 Å². The van der Waals surface area contributed by atoms with Gasteiger partial charge in [0.1, 0.15) is 36.3 Å². The predicted octanol–water partition coefficient (Wildman–Crippen LogP) is -4.19. The summed E-state index contributed by atoms with van der Waals surface area (Å²) < 4.78 is 60.1. The van der Waals surface area contributed by atoms with Crippen LogP contribution in [0.5, 0.6) is 0 Å². The van der Waals surface area contributed by atoms with Crippen molar-refractivity contribution in [2.45, 2.75) is 50.9 Å². The molecule has 3 rings (SSSR count). The lowest BCUT2D eigenvalue weighted by molar-refractivity contribution is -0.347. The minimum Gasteiger partial charge on any atom is -0.790 e. The molecule has 6 N–H and O–H groups in total. The number of hydrogen-bond acceptors (Lipinski definition) is 21. The van der Waals surface area contributed by atoms with E-state index in [4.69, 9.17) is 10.5 Å². The third-order valence-corrected chi connectivity index (χ3v) is 9.72. The molecule has 1 aliphatic rings. The molecule has 1 fully saturated rings. The summed E-state index contributed by atoms with van der Waals surface area (Å²) in [7, 11) is -17.5. The standard InChI is InChI=1S/C21H36N7O16P3S/c1-21(2,16(31)19(32)24-4-3-12(29)23-5-6-48)8-41-47(38,39)44-46(36,37)40-7-11-15(43-45(33,34)35)14(30)20(42-11)28-10-27-13-17(22)25-9-26-18(13)28/h9-11,14-16,20,30-31,48H,3-8H2,1-2H3,(H,23,29)(H,24,32)(H,36,37)(H,38,39)(H2,22,25,26)(H2,33,34,35)/p-4. The Balaban J connectivity index is 1.61. The summed E-state index contributed by atoms with van der Waals surface area (Å²) in [5.41, 5.74) is 4.10. The second-order valence-corrected chi connectivity index (χ2v) is 15.2. The highest BCUT2D eigenvalue weighted by Crippen LogP contribution is 2.56. The number of aliphatic hydroxyl groups is 2. The summed E-state index contributed by atoms with van der Waals surface area (Å²) in [6.07, 6.45) is -7.41. The number of aliphatic hydroxyl groups excluding tert-OH is 2. The Morgan fingerprint density at radius 1 is 1.12 bits per heavy atom. The van der Waals surface area contributed by atoms with Crippen LogP contribution in [-0.4, -0.2) is 98.0 Å². The maximum Gasteiger partial charge on any atom is 0.274 e. The number of fused-ring (bicyclic) bond motifs is 1. The van der Waals surface area contributed by atoms with Gasteiger partial charge in [0.25, 0.3) is 15.6 Å². The van der Waals surface area contributed by atoms with Crippen LogP contribution in [0.3, 0.4) is 0 Å². The number of nitrogen functional groups attached to an aromatic ring is 1. The Labute approximate surface area is 277 Å². The summed E-state index contributed by atoms with van der Waals surface area (Å²) >= 11 is 3.94. The largest absolute Gasteiger partial charge is 0.790 e. The monoisotopic (exact) mass is 763 g/mol. The quantitative estimate of drug-likeness (QED) is 0.0619. The Morgan fingerprint density at radius 3 is 2.44 bits per heavy atom. The van der Waals surface area contributed by atoms with Crippen LogP contribution in [0, 0.1) is 5.41 Å². The van der Waals surface area contributed by atoms with Crippen LogP contribution in [0.25, 0.3) is 11.2 Å². The molecule has 2 aromatic rings. The molecule has 0 aromatic carbocycles. The van der Waals surface area contributed by atoms with Gasteiger partial charge in [-0.25, -0.2) is 19.3 Å². The lowest BCUT2D eigenvalue weighted by atomic mass is 9.87. The van der Waals surface area contributed by atoms with Crippen molar-refractivity contribution in [3.05, 3.63) is 12.7 Å². The Kier molecular flexibility index (Phi) is 13.7. The molecule has 1 aliphatic heterocycles. The molecule has 2 amide bonds. The topological polar surface area (TPSA) is 358 Å². The van der Waals surface area contributed by atoms with Gasteiger partial charge in [-0.1, -0.05) is 13.8 Å². The van der Waals surface area contributed by atoms with E-state index in [-0.39, 0.29) is 29.9 Å². The van der Waals surface area contributed by atoms with Gasteiger partial charge in [-0.2, -0.15) is 12.6 Å². The van der Waals surface area contributed by atoms with E-state index in [1.165, 1.54) is 13.8 Å². The number of anilines is 1. The van der Waals surface area contributed by atoms with E-state index in [9.17, 15) is 53.1 Å². The molecule has 0 saturated carbocycles. The van der Waals surface area contributed by atoms with Crippen LogP contribution in [-0.2, 0) is 45.9 Å². The van der Waals surface area contributed by atoms with Crippen LogP contribution in [0.15, 0.2) is 12.7 Å². The minimum atomic E-state index is -5.88. The SMILES string of the molecule is CC(C)(COP(=O)([O-])OP(=O)([O-])OCC1OC(n2cnc3c(N)ncnc32)C(O)C1OP(=O)([O-])[O-])C(O)C(=O)NCCC(=O)NCCS. The lowest BCUT2D eigenvalue weighted by Gasteiger charge is -2.36. The number of phosphoric acid groups is 3. The maximum absolute atomic E-state index is 12.4. The fourth-order valence-electron chi connectivity index (χ4n) is 4.11. The van der Waals surface area contributed by atoms with Crippen LogP contribution in [0.1, 0.15) is 26.5 Å². The Bertz CT molecular complexity index is 1590. The number of thiol groups is 1. The summed E-state index contributed by atoms with van der Waals surface area (Å²) in [6.45, 7) is 0.324. The molecule has 0 aliphatic carbocycles. The molecule has 2 aromatic heterocycles. The molecule has 0 radical (unpaired) electrons. The van der Waals surface area contributed by atoms with Crippen molar-refractivity contribution in [2.24, 2.45) is 5.41 Å². The van der Waals surface area contributed by atoms with Gasteiger partial charge < -0.3 is 69.0 Å². The van der Waals surface area contributed by atoms with Crippen molar-refractivity contribution < 1.29 is 75.7 Å². The molecular weight excluding hydrogens is 731 g/mol. The van der Waals surface area contributed by atoms with E-state index in [1.54, 1.807) is 0 Å². The first kappa shape index (κ1) is 40.3. The van der Waals surface area contributed by atoms with E-state index < -0.39 is 84.6 Å². The minimum absolute atomic E-state index is 0.0144. The van der Waals surface area contributed by atoms with Crippen molar-refractivity contribution in [1.82, 2.24) is 30.2 Å². The van der Waals surface area contributed by atoms with Gasteiger partial charge in [0.15, 0.2) is 17.7 Å². The summed E-state index contributed by atoms with van der Waals surface area (Å²) in [5, 5.41) is 25.9. The number of imidazole rings is 1. The van der Waals surface area contributed by atoms with Gasteiger partial charge in [-0.15, -0.1) is 0 Å². The summed E-state index contributed by atoms with van der Waals surface area (Å²) in [4.78, 5) is 83.0. The van der Waals surface area contributed by atoms with Gasteiger partial charge in [-0.05, 0) is 0 Å². The van der Waals surface area contributed by atoms with Crippen molar-refractivity contribution in [2.75, 3.05) is 37.8 Å². The number of nitrogens with two attached hydrogens (primary N) is 1. The molecule has 7 unspecified atom stereocenters. The number of carbonyl (C=O) groups is 2. The number of hydrogen-bond donors (Lipinski definition) is 6. The predicted molar refractivity (Wildman–Crippen MR) is 155 cm³/mol. The normalized spacial score (nSPS) is 23.4. The van der Waals surface area contributed by atoms with Crippen molar-refractivity contribution in [3.8, 4) is 0 Å². The zero-order chi connectivity index (χ0) is 36.1. The molecule has 48 heavy (non-hydrogen) atoms. The van der Waals surface area contributed by atoms with Gasteiger partial charge in [0.2, 0.25) is 11.8 Å². The first-order valence-corrected chi connectivity index (χ1v) is 18.6. The van der Waals surface area contributed by atoms with Gasteiger partial charge in [0, 0.05) is 30.7 Å². The fraction of sp³-hybridized carbons (Fsp3) is 0.667. The number of phosphoric ester groups is 3. The molecule has 0 bridgehead atoms. The smallest absolute Gasteiger partial charge is 0.274 e. The van der Waals surface area contributed by atoms with Crippen molar-refractivity contribution >= 4 is 64.9 Å². The number of aromatic nitrogens is 4. The number of ether oxygens (including phenoxy) is 1. The number of nitrogens with zero attached hydrogens (tertiary/aromatic N) is 4. The van der Waals surface area contributed by atoms with E-state index in [1.807, 2.05) is 0 Å². The van der Waals surface area contributed by atoms with Crippen LogP contribution in [0.2, 0.25) is 0 Å². The van der Waals surface area contributed by atoms with Crippen LogP contribution in [0.4, 0.5) is 5.82 Å². The second kappa shape index (κ2) is 16.3. The first-order valence-electron chi connectivity index (χ1n) is 13.6. The highest BCUT2D eigenvalue weighted by atomic mass is 32.1. The van der Waals surface area contributed by atoms with Gasteiger partial charge in [0.05, 0.1) is 27.4 Å². The fourth-order valence-corrected chi connectivity index (χ4v) is 6.96. The highest BCUT2D eigenvalue weighted by Gasteiger charge is 2.47. The van der Waals surface area contributed by atoms with Crippen LogP contribution >= 0.6 is 36.1 Å². The zero-order valence-electron chi connectivity index (χ0n) is 25.0. The average molecular weight is 764 g/mol. The Morgan fingerprint density at radius 2 is 1.79 bits per heavy atom. The summed E-state index contributed by atoms with van der Waals surface area (Å²) in [5.74, 6) is -1.05. The summed E-state index contributed by atoms with van der Waals surface area (Å²) in [6, 6.07) is 0. The third-order valence-electron chi connectivity index (χ3n) is 6.49.